The lowest BCUT2D eigenvalue weighted by Gasteiger charge is -2.04. The highest BCUT2D eigenvalue weighted by Crippen LogP contribution is 2.21. The van der Waals surface area contributed by atoms with Gasteiger partial charge in [0.1, 0.15) is 11.5 Å². The van der Waals surface area contributed by atoms with Gasteiger partial charge in [0.2, 0.25) is 0 Å². The maximum atomic E-state index is 5.24. The molecule has 0 fully saturated rings. The van der Waals surface area contributed by atoms with Crippen LogP contribution in [-0.2, 0) is 0 Å². The fraction of sp³-hybridized carbons (Fsp3) is 0.273. The molecule has 0 saturated heterocycles. The smallest absolute Gasteiger partial charge is 0.123 e. The number of terminal acetylenes is 1. The quantitative estimate of drug-likeness (QED) is 0.719. The largest absolute Gasteiger partial charge is 0.497 e. The summed E-state index contributed by atoms with van der Waals surface area (Å²) in [4.78, 5) is 0. The topological polar surface area (TPSA) is 44.5 Å². The van der Waals surface area contributed by atoms with Gasteiger partial charge in [0, 0.05) is 11.6 Å². The molecule has 3 heteroatoms. The first-order valence-corrected chi connectivity index (χ1v) is 4.07. The lowest BCUT2D eigenvalue weighted by atomic mass is 10.2. The maximum Gasteiger partial charge on any atom is 0.123 e. The number of nitrogens with two attached hydrogens (primary N) is 1. The molecule has 2 N–H and O–H groups in total. The monoisotopic (exact) mass is 193 g/mol. The van der Waals surface area contributed by atoms with Crippen molar-refractivity contribution >= 4 is 0 Å². The Labute approximate surface area is 84.8 Å². The second kappa shape index (κ2) is 6.81. The van der Waals surface area contributed by atoms with E-state index in [1.807, 2.05) is 0 Å². The van der Waals surface area contributed by atoms with Crippen LogP contribution >= 0.6 is 0 Å². The summed E-state index contributed by atoms with van der Waals surface area (Å²) in [6.45, 7) is 0. The van der Waals surface area contributed by atoms with Gasteiger partial charge in [-0.3, -0.25) is 0 Å². The summed E-state index contributed by atoms with van der Waals surface area (Å²) in [5.74, 6) is 3.94. The highest BCUT2D eigenvalue weighted by atomic mass is 16.5. The van der Waals surface area contributed by atoms with Crippen LogP contribution in [0.25, 0.3) is 0 Å². The Morgan fingerprint density at radius 3 is 1.79 bits per heavy atom. The summed E-state index contributed by atoms with van der Waals surface area (Å²) in [6.07, 6.45) is 5.24. The van der Waals surface area contributed by atoms with Gasteiger partial charge in [-0.25, -0.2) is 0 Å². The third kappa shape index (κ3) is 3.38. The van der Waals surface area contributed by atoms with Gasteiger partial charge in [-0.05, 0) is 19.2 Å². The van der Waals surface area contributed by atoms with Crippen LogP contribution in [-0.4, -0.2) is 21.3 Å². The molecule has 14 heavy (non-hydrogen) atoms. The van der Waals surface area contributed by atoms with E-state index in [9.17, 15) is 0 Å². The van der Waals surface area contributed by atoms with Crippen LogP contribution in [0, 0.1) is 12.3 Å². The molecule has 1 aromatic carbocycles. The zero-order chi connectivity index (χ0) is 11.0. The predicted molar refractivity (Wildman–Crippen MR) is 57.6 cm³/mol. The van der Waals surface area contributed by atoms with Crippen molar-refractivity contribution in [1.29, 1.82) is 0 Å². The highest BCUT2D eigenvalue weighted by Gasteiger charge is 1.98. The van der Waals surface area contributed by atoms with Crippen LogP contribution in [0.3, 0.4) is 0 Å². The van der Waals surface area contributed by atoms with Gasteiger partial charge in [0.25, 0.3) is 0 Å². The van der Waals surface area contributed by atoms with Crippen LogP contribution in [0.4, 0.5) is 0 Å². The van der Waals surface area contributed by atoms with E-state index < -0.39 is 0 Å². The Morgan fingerprint density at radius 2 is 1.50 bits per heavy atom. The van der Waals surface area contributed by atoms with Crippen LogP contribution in [0.15, 0.2) is 18.2 Å². The molecular formula is C11H15NO2. The van der Waals surface area contributed by atoms with Crippen molar-refractivity contribution in [2.24, 2.45) is 5.73 Å². The van der Waals surface area contributed by atoms with E-state index in [4.69, 9.17) is 15.9 Å². The Bertz CT molecular complexity index is 293. The lowest BCUT2D eigenvalue weighted by molar-refractivity contribution is 0.394. The maximum absolute atomic E-state index is 5.24. The van der Waals surface area contributed by atoms with Crippen molar-refractivity contribution in [3.63, 3.8) is 0 Å². The molecule has 1 aromatic rings. The zero-order valence-corrected chi connectivity index (χ0v) is 8.70. The minimum Gasteiger partial charge on any atom is -0.497 e. The van der Waals surface area contributed by atoms with Crippen molar-refractivity contribution in [3.05, 3.63) is 23.8 Å². The first-order chi connectivity index (χ1) is 6.80. The fourth-order valence-corrected chi connectivity index (χ4v) is 0.891. The minimum atomic E-state index is 0.710. The summed E-state index contributed by atoms with van der Waals surface area (Å²) >= 11 is 0. The average Bonchev–Trinajstić information content (AvgIpc) is 2.30. The highest BCUT2D eigenvalue weighted by molar-refractivity contribution is 5.45. The summed E-state index contributed by atoms with van der Waals surface area (Å²) in [7, 11) is 4.68. The number of rotatable bonds is 2. The van der Waals surface area contributed by atoms with Gasteiger partial charge >= 0.3 is 0 Å². The number of ether oxygens (including phenoxy) is 2. The molecule has 0 aliphatic carbocycles. The number of hydrogen-bond donors (Lipinski definition) is 1. The van der Waals surface area contributed by atoms with E-state index in [2.05, 4.69) is 11.7 Å². The van der Waals surface area contributed by atoms with E-state index in [1.165, 1.54) is 7.05 Å². The number of methoxy groups -OCH3 is 2. The molecule has 76 valence electrons. The van der Waals surface area contributed by atoms with Gasteiger partial charge < -0.3 is 15.2 Å². The van der Waals surface area contributed by atoms with Crippen molar-refractivity contribution in [3.8, 4) is 23.8 Å². The molecule has 1 rings (SSSR count). The first-order valence-electron chi connectivity index (χ1n) is 4.07. The first kappa shape index (κ1) is 12.3. The number of hydrogen-bond acceptors (Lipinski definition) is 3. The molecule has 0 atom stereocenters. The Hall–Kier alpha value is -1.66. The summed E-state index contributed by atoms with van der Waals surface area (Å²) < 4.78 is 10.0. The molecule has 0 aliphatic rings. The molecule has 0 aromatic heterocycles. The van der Waals surface area contributed by atoms with E-state index in [0.29, 0.717) is 11.5 Å². The fourth-order valence-electron chi connectivity index (χ4n) is 0.891. The van der Waals surface area contributed by atoms with Gasteiger partial charge in [0.15, 0.2) is 0 Å². The second-order valence-electron chi connectivity index (χ2n) is 2.25. The molecule has 0 aliphatic heterocycles. The molecule has 0 spiro atoms. The normalized spacial score (nSPS) is 7.93. The van der Waals surface area contributed by atoms with Gasteiger partial charge in [-0.1, -0.05) is 5.92 Å². The minimum absolute atomic E-state index is 0.710. The molecule has 0 bridgehead atoms. The molecular weight excluding hydrogens is 178 g/mol. The third-order valence-corrected chi connectivity index (χ3v) is 1.52. The molecule has 0 heterocycles. The van der Waals surface area contributed by atoms with E-state index >= 15 is 0 Å². The van der Waals surface area contributed by atoms with E-state index in [0.717, 1.165) is 5.56 Å². The predicted octanol–water partition coefficient (Wildman–Crippen LogP) is 1.26. The van der Waals surface area contributed by atoms with Crippen molar-refractivity contribution < 1.29 is 9.47 Å². The Kier molecular flexibility index (Phi) is 6.01. The van der Waals surface area contributed by atoms with Crippen LogP contribution in [0.1, 0.15) is 5.56 Å². The van der Waals surface area contributed by atoms with E-state index in [-0.39, 0.29) is 0 Å². The van der Waals surface area contributed by atoms with Crippen molar-refractivity contribution in [2.75, 3.05) is 21.3 Å². The molecule has 0 saturated carbocycles. The van der Waals surface area contributed by atoms with E-state index in [1.54, 1.807) is 32.4 Å². The van der Waals surface area contributed by atoms with Crippen molar-refractivity contribution in [2.45, 2.75) is 0 Å². The molecule has 3 nitrogen and oxygen atoms in total. The van der Waals surface area contributed by atoms with Crippen LogP contribution in [0.5, 0.6) is 11.5 Å². The van der Waals surface area contributed by atoms with Gasteiger partial charge in [-0.2, -0.15) is 0 Å². The molecule has 0 amide bonds. The summed E-state index contributed by atoms with van der Waals surface area (Å²) in [5.41, 5.74) is 5.26. The third-order valence-electron chi connectivity index (χ3n) is 1.52. The van der Waals surface area contributed by atoms with Crippen LogP contribution in [0.2, 0.25) is 0 Å². The number of benzene rings is 1. The summed E-state index contributed by atoms with van der Waals surface area (Å²) in [5, 5.41) is 0. The lowest BCUT2D eigenvalue weighted by Crippen LogP contribution is -1.88. The average molecular weight is 193 g/mol. The second-order valence-corrected chi connectivity index (χ2v) is 2.25. The SMILES string of the molecule is C#Cc1cc(OC)cc(OC)c1.CN. The standard InChI is InChI=1S/C10H10O2.CH5N/c1-4-8-5-9(11-2)7-10(6-8)12-3;1-2/h1,5-7H,2-3H3;2H2,1H3. The Morgan fingerprint density at radius 1 is 1.07 bits per heavy atom. The van der Waals surface area contributed by atoms with Gasteiger partial charge in [-0.15, -0.1) is 6.42 Å². The van der Waals surface area contributed by atoms with Gasteiger partial charge in [0.05, 0.1) is 14.2 Å². The Balaban J connectivity index is 0.000000791. The molecule has 0 radical (unpaired) electrons. The van der Waals surface area contributed by atoms with Crippen LogP contribution < -0.4 is 15.2 Å². The summed E-state index contributed by atoms with van der Waals surface area (Å²) in [6, 6.07) is 5.34. The zero-order valence-electron chi connectivity index (χ0n) is 8.70. The molecule has 0 unspecified atom stereocenters. The van der Waals surface area contributed by atoms with Crippen molar-refractivity contribution in [1.82, 2.24) is 0 Å².